The molecular formula is C6H9ClN4O. The third-order valence-electron chi connectivity index (χ3n) is 1.34. The summed E-state index contributed by atoms with van der Waals surface area (Å²) in [6.07, 6.45) is 1.62. The molecule has 5 nitrogen and oxygen atoms in total. The van der Waals surface area contributed by atoms with Crippen LogP contribution in [0.3, 0.4) is 0 Å². The van der Waals surface area contributed by atoms with Crippen molar-refractivity contribution in [1.82, 2.24) is 15.0 Å². The number of oxime groups is 1. The number of hydrogen-bond acceptors (Lipinski definition) is 4. The molecule has 0 aliphatic carbocycles. The van der Waals surface area contributed by atoms with Gasteiger partial charge in [0.1, 0.15) is 5.69 Å². The van der Waals surface area contributed by atoms with Crippen LogP contribution >= 0.6 is 11.6 Å². The summed E-state index contributed by atoms with van der Waals surface area (Å²) in [7, 11) is 0. The minimum absolute atomic E-state index is 0.0538. The lowest BCUT2D eigenvalue weighted by atomic mass is 10.4. The first-order chi connectivity index (χ1) is 5.65. The Morgan fingerprint density at radius 3 is 2.83 bits per heavy atom. The maximum absolute atomic E-state index is 8.32. The maximum atomic E-state index is 8.32. The van der Waals surface area contributed by atoms with Gasteiger partial charge in [0.15, 0.2) is 5.17 Å². The average Bonchev–Trinajstić information content (AvgIpc) is 2.51. The monoisotopic (exact) mass is 188 g/mol. The van der Waals surface area contributed by atoms with Crippen molar-refractivity contribution in [3.8, 4) is 0 Å². The molecule has 0 fully saturated rings. The van der Waals surface area contributed by atoms with Crippen LogP contribution in [-0.4, -0.2) is 25.4 Å². The van der Waals surface area contributed by atoms with E-state index in [9.17, 15) is 0 Å². The van der Waals surface area contributed by atoms with Gasteiger partial charge in [-0.1, -0.05) is 22.0 Å². The molecule has 0 aliphatic rings. The summed E-state index contributed by atoms with van der Waals surface area (Å²) in [4.78, 5) is 0. The van der Waals surface area contributed by atoms with Crippen LogP contribution in [0.5, 0.6) is 0 Å². The molecule has 1 rings (SSSR count). The molecule has 66 valence electrons. The molecule has 1 N–H and O–H groups in total. The van der Waals surface area contributed by atoms with Gasteiger partial charge in [0, 0.05) is 6.04 Å². The number of halogens is 1. The molecule has 0 radical (unpaired) electrons. The predicted octanol–water partition coefficient (Wildman–Crippen LogP) is 1.23. The van der Waals surface area contributed by atoms with E-state index in [1.165, 1.54) is 0 Å². The van der Waals surface area contributed by atoms with E-state index in [1.54, 1.807) is 10.9 Å². The van der Waals surface area contributed by atoms with Gasteiger partial charge in [0.25, 0.3) is 0 Å². The molecule has 0 amide bonds. The molecule has 1 aromatic rings. The minimum Gasteiger partial charge on any atom is -0.410 e. The summed E-state index contributed by atoms with van der Waals surface area (Å²) in [5.41, 5.74) is 0.368. The smallest absolute Gasteiger partial charge is 0.197 e. The van der Waals surface area contributed by atoms with Crippen LogP contribution in [0, 0.1) is 0 Å². The topological polar surface area (TPSA) is 63.3 Å². The van der Waals surface area contributed by atoms with Gasteiger partial charge in [-0.3, -0.25) is 0 Å². The molecule has 0 unspecified atom stereocenters. The van der Waals surface area contributed by atoms with Gasteiger partial charge >= 0.3 is 0 Å². The van der Waals surface area contributed by atoms with Crippen LogP contribution in [0.15, 0.2) is 11.4 Å². The summed E-state index contributed by atoms with van der Waals surface area (Å²) in [5, 5.41) is 18.5. The molecule has 1 heterocycles. The summed E-state index contributed by atoms with van der Waals surface area (Å²) < 4.78 is 1.63. The Morgan fingerprint density at radius 1 is 1.75 bits per heavy atom. The van der Waals surface area contributed by atoms with Gasteiger partial charge in [-0.25, -0.2) is 4.68 Å². The standard InChI is InChI=1S/C6H9ClN4O/c1-4(2)11-3-5(8-10-11)6(7)9-12/h3-4,12H,1-2H3/b9-6-. The van der Waals surface area contributed by atoms with E-state index < -0.39 is 0 Å². The van der Waals surface area contributed by atoms with Gasteiger partial charge in [0.2, 0.25) is 0 Å². The molecule has 0 aromatic carbocycles. The van der Waals surface area contributed by atoms with Gasteiger partial charge in [-0.05, 0) is 13.8 Å². The van der Waals surface area contributed by atoms with Crippen LogP contribution in [0.25, 0.3) is 0 Å². The van der Waals surface area contributed by atoms with Crippen LogP contribution in [-0.2, 0) is 0 Å². The van der Waals surface area contributed by atoms with Gasteiger partial charge < -0.3 is 5.21 Å². The fraction of sp³-hybridized carbons (Fsp3) is 0.500. The first-order valence-electron chi connectivity index (χ1n) is 3.45. The number of aromatic nitrogens is 3. The summed E-state index contributed by atoms with van der Waals surface area (Å²) in [6, 6.07) is 0.217. The van der Waals surface area contributed by atoms with E-state index in [4.69, 9.17) is 16.8 Å². The Bertz CT molecular complexity index is 293. The van der Waals surface area contributed by atoms with E-state index >= 15 is 0 Å². The zero-order chi connectivity index (χ0) is 9.14. The highest BCUT2D eigenvalue weighted by Gasteiger charge is 2.07. The lowest BCUT2D eigenvalue weighted by molar-refractivity contribution is 0.320. The minimum atomic E-state index is -0.0538. The van der Waals surface area contributed by atoms with Crippen molar-refractivity contribution in [3.63, 3.8) is 0 Å². The molecule has 12 heavy (non-hydrogen) atoms. The number of nitrogens with zero attached hydrogens (tertiary/aromatic N) is 4. The highest BCUT2D eigenvalue weighted by molar-refractivity contribution is 6.69. The van der Waals surface area contributed by atoms with Crippen LogP contribution in [0.2, 0.25) is 0 Å². The Hall–Kier alpha value is -1.10. The Morgan fingerprint density at radius 2 is 2.42 bits per heavy atom. The van der Waals surface area contributed by atoms with Crippen molar-refractivity contribution in [3.05, 3.63) is 11.9 Å². The molecule has 0 atom stereocenters. The number of hydrogen-bond donors (Lipinski definition) is 1. The Balaban J connectivity index is 2.92. The van der Waals surface area contributed by atoms with Crippen molar-refractivity contribution in [2.75, 3.05) is 0 Å². The third kappa shape index (κ3) is 1.73. The van der Waals surface area contributed by atoms with E-state index in [0.29, 0.717) is 5.69 Å². The summed E-state index contributed by atoms with van der Waals surface area (Å²) >= 11 is 5.49. The fourth-order valence-electron chi connectivity index (χ4n) is 0.675. The molecule has 6 heteroatoms. The highest BCUT2D eigenvalue weighted by Crippen LogP contribution is 2.05. The zero-order valence-corrected chi connectivity index (χ0v) is 7.52. The van der Waals surface area contributed by atoms with Crippen molar-refractivity contribution >= 4 is 16.8 Å². The Kier molecular flexibility index (Phi) is 2.65. The number of rotatable bonds is 2. The molecule has 0 aliphatic heterocycles. The molecule has 0 spiro atoms. The SMILES string of the molecule is CC(C)n1cc(/C(Cl)=N/O)nn1. The third-order valence-corrected chi connectivity index (χ3v) is 1.61. The van der Waals surface area contributed by atoms with Crippen molar-refractivity contribution in [2.45, 2.75) is 19.9 Å². The first-order valence-corrected chi connectivity index (χ1v) is 3.82. The average molecular weight is 189 g/mol. The molecule has 0 saturated carbocycles. The fourth-order valence-corrected chi connectivity index (χ4v) is 0.761. The zero-order valence-electron chi connectivity index (χ0n) is 6.77. The summed E-state index contributed by atoms with van der Waals surface area (Å²) in [5.74, 6) is 0. The van der Waals surface area contributed by atoms with E-state index in [-0.39, 0.29) is 11.2 Å². The van der Waals surface area contributed by atoms with E-state index in [2.05, 4.69) is 15.5 Å². The molecule has 0 bridgehead atoms. The second-order valence-electron chi connectivity index (χ2n) is 2.57. The normalized spacial score (nSPS) is 12.5. The second-order valence-corrected chi connectivity index (χ2v) is 2.93. The van der Waals surface area contributed by atoms with Crippen LogP contribution < -0.4 is 0 Å². The molecular weight excluding hydrogens is 180 g/mol. The lowest BCUT2D eigenvalue weighted by Gasteiger charge is -2.00. The van der Waals surface area contributed by atoms with E-state index in [0.717, 1.165) is 0 Å². The maximum Gasteiger partial charge on any atom is 0.197 e. The van der Waals surface area contributed by atoms with Crippen molar-refractivity contribution < 1.29 is 5.21 Å². The molecule has 1 aromatic heterocycles. The van der Waals surface area contributed by atoms with E-state index in [1.807, 2.05) is 13.8 Å². The van der Waals surface area contributed by atoms with Crippen molar-refractivity contribution in [1.29, 1.82) is 0 Å². The molecule has 0 saturated heterocycles. The Labute approximate surface area is 74.6 Å². The van der Waals surface area contributed by atoms with Gasteiger partial charge in [0.05, 0.1) is 6.20 Å². The van der Waals surface area contributed by atoms with Crippen LogP contribution in [0.1, 0.15) is 25.6 Å². The van der Waals surface area contributed by atoms with Crippen molar-refractivity contribution in [2.24, 2.45) is 5.16 Å². The lowest BCUT2D eigenvalue weighted by Crippen LogP contribution is -2.00. The van der Waals surface area contributed by atoms with Gasteiger partial charge in [-0.2, -0.15) is 0 Å². The largest absolute Gasteiger partial charge is 0.410 e. The quantitative estimate of drug-likeness (QED) is 0.432. The second kappa shape index (κ2) is 3.53. The predicted molar refractivity (Wildman–Crippen MR) is 44.6 cm³/mol. The van der Waals surface area contributed by atoms with Crippen LogP contribution in [0.4, 0.5) is 0 Å². The van der Waals surface area contributed by atoms with Gasteiger partial charge in [-0.15, -0.1) is 5.10 Å². The first kappa shape index (κ1) is 8.99. The highest BCUT2D eigenvalue weighted by atomic mass is 35.5. The summed E-state index contributed by atoms with van der Waals surface area (Å²) in [6.45, 7) is 3.92.